The second-order valence-corrected chi connectivity index (χ2v) is 4.91. The van der Waals surface area contributed by atoms with E-state index in [2.05, 4.69) is 10.3 Å². The van der Waals surface area contributed by atoms with Crippen LogP contribution >= 0.6 is 0 Å². The van der Waals surface area contributed by atoms with Crippen LogP contribution in [0.5, 0.6) is 0 Å². The van der Waals surface area contributed by atoms with Gasteiger partial charge in [-0.15, -0.1) is 0 Å². The summed E-state index contributed by atoms with van der Waals surface area (Å²) in [6.07, 6.45) is 3.80. The molecule has 0 saturated heterocycles. The van der Waals surface area contributed by atoms with Gasteiger partial charge in [-0.3, -0.25) is 9.59 Å². The van der Waals surface area contributed by atoms with Gasteiger partial charge in [-0.25, -0.2) is 0 Å². The van der Waals surface area contributed by atoms with Gasteiger partial charge in [-0.1, -0.05) is 13.8 Å². The summed E-state index contributed by atoms with van der Waals surface area (Å²) in [5, 5.41) is 11.5. The number of carboxylic acid groups (broad SMARTS) is 1. The van der Waals surface area contributed by atoms with Gasteiger partial charge in [0.05, 0.1) is 6.42 Å². The van der Waals surface area contributed by atoms with E-state index < -0.39 is 11.4 Å². The molecule has 5 nitrogen and oxygen atoms in total. The van der Waals surface area contributed by atoms with Crippen molar-refractivity contribution in [3.05, 3.63) is 24.0 Å². The molecule has 0 saturated carbocycles. The highest BCUT2D eigenvalue weighted by atomic mass is 16.4. The zero-order chi connectivity index (χ0) is 12.9. The van der Waals surface area contributed by atoms with Crippen LogP contribution < -0.4 is 5.32 Å². The molecule has 1 rings (SSSR count). The number of amides is 1. The van der Waals surface area contributed by atoms with Crippen LogP contribution in [-0.4, -0.2) is 22.0 Å². The zero-order valence-electron chi connectivity index (χ0n) is 10.1. The van der Waals surface area contributed by atoms with Crippen molar-refractivity contribution in [1.29, 1.82) is 0 Å². The molecule has 0 unspecified atom stereocenters. The number of carbonyl (C=O) groups excluding carboxylic acids is 1. The van der Waals surface area contributed by atoms with Crippen LogP contribution in [0.4, 0.5) is 0 Å². The fourth-order valence-corrected chi connectivity index (χ4v) is 1.64. The summed E-state index contributed by atoms with van der Waals surface area (Å²) >= 11 is 0. The number of carboxylic acids is 1. The average molecular weight is 238 g/mol. The Morgan fingerprint density at radius 2 is 2.12 bits per heavy atom. The lowest BCUT2D eigenvalue weighted by Crippen LogP contribution is -2.29. The topological polar surface area (TPSA) is 82.2 Å². The van der Waals surface area contributed by atoms with Gasteiger partial charge >= 0.3 is 5.97 Å². The Balaban J connectivity index is 2.36. The first-order chi connectivity index (χ1) is 7.89. The fraction of sp³-hybridized carbons (Fsp3) is 0.500. The second-order valence-electron chi connectivity index (χ2n) is 4.91. The number of rotatable bonds is 6. The molecule has 0 aliphatic heterocycles. The third kappa shape index (κ3) is 5.19. The van der Waals surface area contributed by atoms with Gasteiger partial charge in [-0.2, -0.15) is 0 Å². The van der Waals surface area contributed by atoms with Crippen molar-refractivity contribution in [2.45, 2.75) is 33.2 Å². The van der Waals surface area contributed by atoms with E-state index in [4.69, 9.17) is 5.11 Å². The van der Waals surface area contributed by atoms with E-state index >= 15 is 0 Å². The molecule has 3 N–H and O–H groups in total. The highest BCUT2D eigenvalue weighted by Crippen LogP contribution is 2.24. The molecule has 1 amide bonds. The molecule has 0 bridgehead atoms. The lowest BCUT2D eigenvalue weighted by Gasteiger charge is -2.21. The van der Waals surface area contributed by atoms with Crippen LogP contribution in [0, 0.1) is 5.41 Å². The lowest BCUT2D eigenvalue weighted by molar-refractivity contribution is -0.139. The first kappa shape index (κ1) is 13.3. The van der Waals surface area contributed by atoms with Crippen molar-refractivity contribution < 1.29 is 14.7 Å². The van der Waals surface area contributed by atoms with Crippen LogP contribution in [-0.2, 0) is 16.1 Å². The minimum Gasteiger partial charge on any atom is -0.481 e. The zero-order valence-corrected chi connectivity index (χ0v) is 10.1. The van der Waals surface area contributed by atoms with Crippen molar-refractivity contribution >= 4 is 11.9 Å². The number of hydrogen-bond acceptors (Lipinski definition) is 2. The number of nitrogens with one attached hydrogen (secondary N) is 2. The first-order valence-electron chi connectivity index (χ1n) is 5.49. The molecule has 0 radical (unpaired) electrons. The summed E-state index contributed by atoms with van der Waals surface area (Å²) in [6, 6.07) is 1.88. The van der Waals surface area contributed by atoms with Gasteiger partial charge in [0.15, 0.2) is 0 Å². The number of H-pyrrole nitrogens is 1. The Hall–Kier alpha value is -1.78. The summed E-state index contributed by atoms with van der Waals surface area (Å²) in [7, 11) is 0. The second kappa shape index (κ2) is 5.52. The van der Waals surface area contributed by atoms with Gasteiger partial charge in [0.1, 0.15) is 0 Å². The summed E-state index contributed by atoms with van der Waals surface area (Å²) in [6.45, 7) is 4.01. The number of aromatic nitrogens is 1. The molecule has 1 aromatic rings. The predicted molar refractivity (Wildman–Crippen MR) is 63.3 cm³/mol. The lowest BCUT2D eigenvalue weighted by atomic mass is 9.85. The molecule has 0 aliphatic rings. The van der Waals surface area contributed by atoms with E-state index in [1.165, 1.54) is 0 Å². The Morgan fingerprint density at radius 3 is 2.65 bits per heavy atom. The average Bonchev–Trinajstić information content (AvgIpc) is 2.63. The molecule has 17 heavy (non-hydrogen) atoms. The smallest absolute Gasteiger partial charge is 0.303 e. The van der Waals surface area contributed by atoms with E-state index in [-0.39, 0.29) is 18.7 Å². The Morgan fingerprint density at radius 1 is 1.41 bits per heavy atom. The summed E-state index contributed by atoms with van der Waals surface area (Å²) in [5.74, 6) is -1.01. The van der Waals surface area contributed by atoms with E-state index in [9.17, 15) is 9.59 Å². The van der Waals surface area contributed by atoms with Crippen LogP contribution in [0.25, 0.3) is 0 Å². The maximum Gasteiger partial charge on any atom is 0.303 e. The first-order valence-corrected chi connectivity index (χ1v) is 5.49. The molecular formula is C12H18N2O3. The molecule has 0 fully saturated rings. The predicted octanol–water partition coefficient (Wildman–Crippen LogP) is 1.52. The van der Waals surface area contributed by atoms with Gasteiger partial charge in [-0.05, 0) is 17.0 Å². The van der Waals surface area contributed by atoms with E-state index in [0.717, 1.165) is 5.56 Å². The van der Waals surface area contributed by atoms with Crippen LogP contribution in [0.1, 0.15) is 32.3 Å². The van der Waals surface area contributed by atoms with Crippen molar-refractivity contribution in [3.63, 3.8) is 0 Å². The highest BCUT2D eigenvalue weighted by Gasteiger charge is 2.24. The normalized spacial score (nSPS) is 11.2. The van der Waals surface area contributed by atoms with Gasteiger partial charge in [0.2, 0.25) is 5.91 Å². The molecule has 0 aromatic carbocycles. The van der Waals surface area contributed by atoms with Crippen molar-refractivity contribution in [3.8, 4) is 0 Å². The van der Waals surface area contributed by atoms with Gasteiger partial charge < -0.3 is 15.4 Å². The number of carbonyl (C=O) groups is 2. The largest absolute Gasteiger partial charge is 0.481 e. The number of aliphatic carboxylic acids is 1. The summed E-state index contributed by atoms with van der Waals surface area (Å²) in [4.78, 5) is 25.1. The Bertz CT molecular complexity index is 382. The Kier molecular flexibility index (Phi) is 4.31. The van der Waals surface area contributed by atoms with Crippen molar-refractivity contribution in [1.82, 2.24) is 10.3 Å². The molecule has 0 spiro atoms. The molecule has 5 heteroatoms. The van der Waals surface area contributed by atoms with Gasteiger partial charge in [0.25, 0.3) is 0 Å². The standard InChI is InChI=1S/C12H18N2O3/c1-12(2,6-11(16)17)5-10(15)14-8-9-3-4-13-7-9/h3-4,7,13H,5-6,8H2,1-2H3,(H,14,15)(H,16,17). The third-order valence-electron chi connectivity index (χ3n) is 2.42. The molecule has 0 atom stereocenters. The van der Waals surface area contributed by atoms with Crippen LogP contribution in [0.3, 0.4) is 0 Å². The molecule has 1 heterocycles. The number of aromatic amines is 1. The fourth-order valence-electron chi connectivity index (χ4n) is 1.64. The van der Waals surface area contributed by atoms with E-state index in [0.29, 0.717) is 6.54 Å². The monoisotopic (exact) mass is 238 g/mol. The summed E-state index contributed by atoms with van der Waals surface area (Å²) in [5.41, 5.74) is 0.475. The van der Waals surface area contributed by atoms with Crippen LogP contribution in [0.2, 0.25) is 0 Å². The quantitative estimate of drug-likeness (QED) is 0.702. The van der Waals surface area contributed by atoms with Crippen molar-refractivity contribution in [2.75, 3.05) is 0 Å². The minimum absolute atomic E-state index is 0.00935. The molecular weight excluding hydrogens is 220 g/mol. The van der Waals surface area contributed by atoms with Crippen LogP contribution in [0.15, 0.2) is 18.5 Å². The summed E-state index contributed by atoms with van der Waals surface area (Å²) < 4.78 is 0. The Labute approximate surface area is 100 Å². The molecule has 0 aliphatic carbocycles. The number of hydrogen-bond donors (Lipinski definition) is 3. The van der Waals surface area contributed by atoms with E-state index in [1.807, 2.05) is 12.3 Å². The molecule has 1 aromatic heterocycles. The maximum absolute atomic E-state index is 11.6. The third-order valence-corrected chi connectivity index (χ3v) is 2.42. The van der Waals surface area contributed by atoms with Gasteiger partial charge in [0, 0.05) is 25.4 Å². The SMILES string of the molecule is CC(C)(CC(=O)O)CC(=O)NCc1cc[nH]c1. The highest BCUT2D eigenvalue weighted by molar-refractivity contribution is 5.77. The van der Waals surface area contributed by atoms with Crippen molar-refractivity contribution in [2.24, 2.45) is 5.41 Å². The maximum atomic E-state index is 11.6. The van der Waals surface area contributed by atoms with E-state index in [1.54, 1.807) is 20.0 Å². The minimum atomic E-state index is -0.881. The molecule has 94 valence electrons.